The predicted molar refractivity (Wildman–Crippen MR) is 235 cm³/mol. The Labute approximate surface area is 361 Å². The topological polar surface area (TPSA) is 119 Å². The number of rotatable bonds is 21. The average Bonchev–Trinajstić information content (AvgIpc) is 3.24. The van der Waals surface area contributed by atoms with Crippen molar-refractivity contribution in [3.05, 3.63) is 114 Å². The number of oxime groups is 1. The van der Waals surface area contributed by atoms with Crippen molar-refractivity contribution in [1.29, 1.82) is 0 Å². The van der Waals surface area contributed by atoms with Crippen LogP contribution in [0.5, 0.6) is 17.2 Å². The van der Waals surface area contributed by atoms with Gasteiger partial charge in [-0.15, -0.1) is 6.58 Å². The van der Waals surface area contributed by atoms with Crippen molar-refractivity contribution < 1.29 is 43.2 Å². The first-order chi connectivity index (χ1) is 29.5. The van der Waals surface area contributed by atoms with Gasteiger partial charge in [0.05, 0.1) is 31.8 Å². The second-order valence-corrected chi connectivity index (χ2v) is 17.5. The van der Waals surface area contributed by atoms with Crippen molar-refractivity contribution >= 4 is 11.6 Å². The lowest BCUT2D eigenvalue weighted by Gasteiger charge is -2.60. The van der Waals surface area contributed by atoms with E-state index in [4.69, 9.17) is 28.9 Å². The van der Waals surface area contributed by atoms with Crippen molar-refractivity contribution in [2.75, 3.05) is 33.5 Å². The van der Waals surface area contributed by atoms with Gasteiger partial charge >= 0.3 is 0 Å². The van der Waals surface area contributed by atoms with Crippen LogP contribution in [0.1, 0.15) is 102 Å². The maximum atomic E-state index is 14.9. The van der Waals surface area contributed by atoms with Gasteiger partial charge in [0.1, 0.15) is 41.3 Å². The molecule has 1 saturated carbocycles. The molecule has 1 heterocycles. The molecule has 3 aliphatic rings. The van der Waals surface area contributed by atoms with Gasteiger partial charge in [0, 0.05) is 43.2 Å². The van der Waals surface area contributed by atoms with Crippen LogP contribution < -0.4 is 14.2 Å². The zero-order valence-corrected chi connectivity index (χ0v) is 36.6. The van der Waals surface area contributed by atoms with Gasteiger partial charge in [-0.2, -0.15) is 0 Å². The molecule has 0 bridgehead atoms. The molecule has 0 spiro atoms. The number of hydrogen-bond donors (Lipinski definition) is 2. The number of ether oxygens (including phenoxy) is 4. The number of unbranched alkanes of at least 4 members (excludes halogenated alkanes) is 2. The molecule has 6 atom stereocenters. The summed E-state index contributed by atoms with van der Waals surface area (Å²) in [6, 6.07) is 19.3. The van der Waals surface area contributed by atoms with E-state index in [1.807, 2.05) is 68.1 Å². The number of amides is 1. The molecule has 330 valence electrons. The number of allylic oxidation sites excluding steroid dienone is 1. The Hall–Kier alpha value is -4.71. The minimum absolute atomic E-state index is 0.0470. The van der Waals surface area contributed by atoms with Crippen LogP contribution in [0, 0.1) is 23.6 Å². The Bertz CT molecular complexity index is 2010. The van der Waals surface area contributed by atoms with Gasteiger partial charge in [-0.05, 0) is 112 Å². The third-order valence-electron chi connectivity index (χ3n) is 12.1. The molecule has 3 aromatic rings. The number of halogens is 1. The number of nitrogens with zero attached hydrogens (tertiary/aromatic N) is 2. The fourth-order valence-electron chi connectivity index (χ4n) is 9.46. The highest BCUT2D eigenvalue weighted by Gasteiger charge is 2.65. The molecule has 0 radical (unpaired) electrons. The van der Waals surface area contributed by atoms with Crippen molar-refractivity contribution in [3.63, 3.8) is 0 Å². The van der Waals surface area contributed by atoms with Gasteiger partial charge in [0.25, 0.3) is 0 Å². The van der Waals surface area contributed by atoms with Gasteiger partial charge in [-0.25, -0.2) is 4.39 Å². The molecule has 0 aromatic heterocycles. The summed E-state index contributed by atoms with van der Waals surface area (Å²) in [5.74, 6) is -0.470. The lowest BCUT2D eigenvalue weighted by atomic mass is 9.55. The van der Waals surface area contributed by atoms with E-state index in [1.165, 1.54) is 6.07 Å². The Morgan fingerprint density at radius 1 is 1.02 bits per heavy atom. The van der Waals surface area contributed by atoms with Gasteiger partial charge in [-0.3, -0.25) is 4.79 Å². The van der Waals surface area contributed by atoms with Crippen LogP contribution in [-0.2, 0) is 27.4 Å². The van der Waals surface area contributed by atoms with Gasteiger partial charge in [-0.1, -0.05) is 67.4 Å². The predicted octanol–water partition coefficient (Wildman–Crippen LogP) is 9.33. The van der Waals surface area contributed by atoms with Gasteiger partial charge in [0.2, 0.25) is 11.7 Å². The summed E-state index contributed by atoms with van der Waals surface area (Å²) in [6.45, 7) is 12.8. The van der Waals surface area contributed by atoms with Crippen LogP contribution in [0.4, 0.5) is 4.39 Å². The van der Waals surface area contributed by atoms with Crippen LogP contribution in [-0.4, -0.2) is 77.6 Å². The van der Waals surface area contributed by atoms with Crippen molar-refractivity contribution in [3.8, 4) is 17.2 Å². The van der Waals surface area contributed by atoms with E-state index in [1.54, 1.807) is 31.4 Å². The fourth-order valence-corrected chi connectivity index (χ4v) is 9.46. The summed E-state index contributed by atoms with van der Waals surface area (Å²) >= 11 is 0. The third-order valence-corrected chi connectivity index (χ3v) is 12.1. The summed E-state index contributed by atoms with van der Waals surface area (Å²) < 4.78 is 41.1. The lowest BCUT2D eigenvalue weighted by Crippen LogP contribution is -2.70. The standard InChI is InChI=1S/C50H65FN2O8/c1-7-24-53(46(56)29-34-16-15-19-37(28-34)57-6)45-32-43(52-61-49(3,4)5)40-30-35(17-11-13-25-54)39(20-12-14-26-55)47-41-31-38(58-33-36-18-9-10-21-42(36)51)22-23-44(41)60-50(45,48(40)47)59-27-8-2/h8-10,15-16,18-19,21-23,28,30-31,35,39,45,47-48,54-55H,2,7,11-14,17,20,24-27,29,32-33H2,1,3-6H3. The molecule has 1 fully saturated rings. The van der Waals surface area contributed by atoms with E-state index in [9.17, 15) is 19.4 Å². The Morgan fingerprint density at radius 3 is 2.49 bits per heavy atom. The quantitative estimate of drug-likeness (QED) is 0.0619. The molecule has 10 nitrogen and oxygen atoms in total. The number of carbonyl (C=O) groups is 1. The van der Waals surface area contributed by atoms with Crippen molar-refractivity contribution in [2.24, 2.45) is 22.9 Å². The smallest absolute Gasteiger partial charge is 0.239 e. The third kappa shape index (κ3) is 10.7. The summed E-state index contributed by atoms with van der Waals surface area (Å²) in [4.78, 5) is 23.1. The number of benzene rings is 3. The number of methoxy groups -OCH3 is 1. The van der Waals surface area contributed by atoms with E-state index in [0.29, 0.717) is 55.0 Å². The number of aliphatic hydroxyl groups is 2. The molecule has 0 saturated heterocycles. The van der Waals surface area contributed by atoms with Crippen LogP contribution >= 0.6 is 0 Å². The summed E-state index contributed by atoms with van der Waals surface area (Å²) in [5.41, 5.74) is 3.32. The number of fused-ring (bicyclic) bond motifs is 2. The first-order valence-electron chi connectivity index (χ1n) is 22.0. The highest BCUT2D eigenvalue weighted by Crippen LogP contribution is 2.62. The Balaban J connectivity index is 1.57. The molecule has 3 aromatic carbocycles. The fraction of sp³-hybridized carbons (Fsp3) is 0.520. The minimum atomic E-state index is -1.38. The molecule has 2 N–H and O–H groups in total. The van der Waals surface area contributed by atoms with E-state index < -0.39 is 23.3 Å². The molecule has 11 heteroatoms. The molecular formula is C50H65FN2O8. The highest BCUT2D eigenvalue weighted by molar-refractivity contribution is 6.03. The zero-order valence-electron chi connectivity index (χ0n) is 36.6. The second-order valence-electron chi connectivity index (χ2n) is 17.5. The zero-order chi connectivity index (χ0) is 43.6. The largest absolute Gasteiger partial charge is 0.497 e. The SMILES string of the molecule is C=CCOC12Oc3ccc(OCc4ccccc4F)cc3C3C(CCCCO)C(CCCCO)C=C(C(=NOC(C)(C)C)CC1N(CCC)C(=O)Cc1cccc(OC)c1)C32. The van der Waals surface area contributed by atoms with Crippen LogP contribution in [0.2, 0.25) is 0 Å². The Morgan fingerprint density at radius 2 is 1.79 bits per heavy atom. The van der Waals surface area contributed by atoms with E-state index >= 15 is 0 Å². The monoisotopic (exact) mass is 840 g/mol. The van der Waals surface area contributed by atoms with E-state index in [-0.39, 0.29) is 62.3 Å². The second kappa shape index (κ2) is 20.9. The maximum Gasteiger partial charge on any atom is 0.239 e. The van der Waals surface area contributed by atoms with Gasteiger partial charge < -0.3 is 38.9 Å². The minimum Gasteiger partial charge on any atom is -0.497 e. The van der Waals surface area contributed by atoms with Crippen LogP contribution in [0.3, 0.4) is 0 Å². The summed E-state index contributed by atoms with van der Waals surface area (Å²) in [5, 5.41) is 24.8. The average molecular weight is 841 g/mol. The Kier molecular flexibility index (Phi) is 15.7. The molecule has 61 heavy (non-hydrogen) atoms. The first kappa shape index (κ1) is 45.8. The normalized spacial score (nSPS) is 23.6. The summed E-state index contributed by atoms with van der Waals surface area (Å²) in [7, 11) is 1.62. The molecule has 6 rings (SSSR count). The number of carbonyl (C=O) groups excluding carboxylic acids is 1. The van der Waals surface area contributed by atoms with Crippen LogP contribution in [0.25, 0.3) is 0 Å². The lowest BCUT2D eigenvalue weighted by molar-refractivity contribution is -0.257. The number of aliphatic hydroxyl groups excluding tert-OH is 2. The summed E-state index contributed by atoms with van der Waals surface area (Å²) in [6.07, 6.45) is 9.77. The molecule has 2 aliphatic carbocycles. The van der Waals surface area contributed by atoms with E-state index in [2.05, 4.69) is 19.6 Å². The molecule has 1 aliphatic heterocycles. The maximum absolute atomic E-state index is 14.9. The van der Waals surface area contributed by atoms with Gasteiger partial charge in [0.15, 0.2) is 0 Å². The highest BCUT2D eigenvalue weighted by atomic mass is 19.1. The molecule has 6 unspecified atom stereocenters. The van der Waals surface area contributed by atoms with Crippen molar-refractivity contribution in [2.45, 2.75) is 115 Å². The van der Waals surface area contributed by atoms with E-state index in [0.717, 1.165) is 48.1 Å². The molecular weight excluding hydrogens is 776 g/mol. The molecule has 1 amide bonds. The first-order valence-corrected chi connectivity index (χ1v) is 22.0. The van der Waals surface area contributed by atoms with Crippen molar-refractivity contribution in [1.82, 2.24) is 4.90 Å². The number of hydrogen-bond acceptors (Lipinski definition) is 9. The van der Waals surface area contributed by atoms with Crippen LogP contribution in [0.15, 0.2) is 96.2 Å².